The second-order valence-corrected chi connectivity index (χ2v) is 7.80. The van der Waals surface area contributed by atoms with Crippen LogP contribution in [0, 0.1) is 5.41 Å². The molecule has 0 bridgehead atoms. The summed E-state index contributed by atoms with van der Waals surface area (Å²) < 4.78 is 23.6. The Morgan fingerprint density at radius 1 is 1.27 bits per heavy atom. The summed E-state index contributed by atoms with van der Waals surface area (Å²) in [5, 5.41) is 11.5. The summed E-state index contributed by atoms with van der Waals surface area (Å²) >= 11 is 0. The van der Waals surface area contributed by atoms with Crippen LogP contribution in [0.2, 0.25) is 0 Å². The van der Waals surface area contributed by atoms with Crippen molar-refractivity contribution >= 4 is 21.7 Å². The fraction of sp³-hybridized carbons (Fsp3) is 0.467. The number of carbonyl (C=O) groups is 2. The van der Waals surface area contributed by atoms with Crippen LogP contribution in [-0.4, -0.2) is 38.2 Å². The van der Waals surface area contributed by atoms with Crippen LogP contribution in [0.3, 0.4) is 0 Å². The zero-order valence-electron chi connectivity index (χ0n) is 13.1. The predicted molar refractivity (Wildman–Crippen MR) is 82.7 cm³/mol. The van der Waals surface area contributed by atoms with Crippen molar-refractivity contribution in [2.24, 2.45) is 5.41 Å². The van der Waals surface area contributed by atoms with Crippen LogP contribution in [0.1, 0.15) is 36.7 Å². The van der Waals surface area contributed by atoms with Crippen molar-refractivity contribution in [3.8, 4) is 0 Å². The third-order valence-electron chi connectivity index (χ3n) is 3.38. The molecule has 0 saturated heterocycles. The number of amides is 1. The molecule has 2 N–H and O–H groups in total. The molecule has 0 aliphatic heterocycles. The van der Waals surface area contributed by atoms with Gasteiger partial charge in [0.2, 0.25) is 0 Å². The average Bonchev–Trinajstić information content (AvgIpc) is 2.43. The highest BCUT2D eigenvalue weighted by Gasteiger charge is 2.28. The molecule has 0 radical (unpaired) electrons. The van der Waals surface area contributed by atoms with Crippen LogP contribution < -0.4 is 5.32 Å². The first kappa shape index (κ1) is 18.2. The third-order valence-corrected chi connectivity index (χ3v) is 4.56. The molecular formula is C15H21NO5S. The number of sulfone groups is 1. The molecule has 0 saturated carbocycles. The van der Waals surface area contributed by atoms with Crippen LogP contribution >= 0.6 is 0 Å². The zero-order valence-corrected chi connectivity index (χ0v) is 14.0. The molecule has 1 rings (SSSR count). The van der Waals surface area contributed by atoms with Crippen LogP contribution in [0.25, 0.3) is 0 Å². The van der Waals surface area contributed by atoms with Crippen molar-refractivity contribution in [1.82, 2.24) is 5.32 Å². The Labute approximate surface area is 130 Å². The van der Waals surface area contributed by atoms with Crippen molar-refractivity contribution in [3.63, 3.8) is 0 Å². The van der Waals surface area contributed by atoms with Gasteiger partial charge in [0.15, 0.2) is 9.84 Å². The maximum atomic E-state index is 12.1. The molecule has 0 aromatic heterocycles. The molecular weight excluding hydrogens is 306 g/mol. The number of hydrogen-bond acceptors (Lipinski definition) is 4. The molecule has 0 aliphatic rings. The van der Waals surface area contributed by atoms with Gasteiger partial charge in [-0.1, -0.05) is 13.0 Å². The van der Waals surface area contributed by atoms with Gasteiger partial charge >= 0.3 is 5.97 Å². The molecule has 1 aromatic carbocycles. The number of benzene rings is 1. The fourth-order valence-electron chi connectivity index (χ4n) is 1.81. The maximum Gasteiger partial charge on any atom is 0.310 e. The number of carboxylic acid groups (broad SMARTS) is 1. The minimum absolute atomic E-state index is 0.0507. The third kappa shape index (κ3) is 4.30. The summed E-state index contributed by atoms with van der Waals surface area (Å²) in [6, 6.07) is 4.47. The first-order valence-electron chi connectivity index (χ1n) is 6.83. The Kier molecular flexibility index (Phi) is 5.35. The lowest BCUT2D eigenvalue weighted by atomic mass is 9.94. The summed E-state index contributed by atoms with van der Waals surface area (Å²) in [4.78, 5) is 23.2. The van der Waals surface area contributed by atoms with Gasteiger partial charge < -0.3 is 10.4 Å². The van der Waals surface area contributed by atoms with E-state index in [1.54, 1.807) is 6.07 Å². The minimum Gasteiger partial charge on any atom is -0.481 e. The van der Waals surface area contributed by atoms with Crippen molar-refractivity contribution in [1.29, 1.82) is 0 Å². The van der Waals surface area contributed by atoms with E-state index < -0.39 is 27.1 Å². The Hall–Kier alpha value is -1.89. The van der Waals surface area contributed by atoms with Gasteiger partial charge in [-0.25, -0.2) is 8.42 Å². The van der Waals surface area contributed by atoms with E-state index in [0.29, 0.717) is 12.0 Å². The van der Waals surface area contributed by atoms with E-state index in [1.165, 1.54) is 26.0 Å². The van der Waals surface area contributed by atoms with Gasteiger partial charge in [0.05, 0.1) is 10.3 Å². The zero-order chi connectivity index (χ0) is 17.1. The molecule has 0 heterocycles. The Balaban J connectivity index is 3.03. The second kappa shape index (κ2) is 6.48. The van der Waals surface area contributed by atoms with E-state index in [-0.39, 0.29) is 17.0 Å². The van der Waals surface area contributed by atoms with Crippen molar-refractivity contribution in [3.05, 3.63) is 29.3 Å². The van der Waals surface area contributed by atoms with Crippen molar-refractivity contribution in [2.75, 3.05) is 12.8 Å². The lowest BCUT2D eigenvalue weighted by Crippen LogP contribution is -2.38. The maximum absolute atomic E-state index is 12.1. The molecule has 1 aromatic rings. The smallest absolute Gasteiger partial charge is 0.310 e. The number of aliphatic carboxylic acids is 1. The molecule has 0 atom stereocenters. The van der Waals surface area contributed by atoms with Gasteiger partial charge in [-0.15, -0.1) is 0 Å². The molecule has 7 heteroatoms. The highest BCUT2D eigenvalue weighted by atomic mass is 32.2. The highest BCUT2D eigenvalue weighted by Crippen LogP contribution is 2.19. The van der Waals surface area contributed by atoms with E-state index in [0.717, 1.165) is 6.26 Å². The monoisotopic (exact) mass is 327 g/mol. The average molecular weight is 327 g/mol. The Morgan fingerprint density at radius 3 is 2.32 bits per heavy atom. The second-order valence-electron chi connectivity index (χ2n) is 5.82. The fourth-order valence-corrected chi connectivity index (χ4v) is 2.84. The number of carbonyl (C=O) groups excluding carboxylic acids is 1. The van der Waals surface area contributed by atoms with Crippen molar-refractivity contribution in [2.45, 2.75) is 32.1 Å². The number of nitrogens with one attached hydrogen (secondary N) is 1. The SMILES string of the molecule is CCc1ccc(C(=O)NCC(C)(C)C(=O)O)cc1S(C)(=O)=O. The molecule has 122 valence electrons. The predicted octanol–water partition coefficient (Wildman–Crippen LogP) is 1.49. The van der Waals surface area contributed by atoms with Crippen LogP contribution in [0.5, 0.6) is 0 Å². The largest absolute Gasteiger partial charge is 0.481 e. The first-order valence-corrected chi connectivity index (χ1v) is 8.72. The van der Waals surface area contributed by atoms with Gasteiger partial charge in [0, 0.05) is 18.4 Å². The first-order chi connectivity index (χ1) is 9.99. The summed E-state index contributed by atoms with van der Waals surface area (Å²) in [5.74, 6) is -1.52. The lowest BCUT2D eigenvalue weighted by Gasteiger charge is -2.19. The molecule has 0 aliphatic carbocycles. The van der Waals surface area contributed by atoms with Crippen LogP contribution in [0.15, 0.2) is 23.1 Å². The van der Waals surface area contributed by atoms with Crippen LogP contribution in [0.4, 0.5) is 0 Å². The topological polar surface area (TPSA) is 101 Å². The van der Waals surface area contributed by atoms with E-state index in [9.17, 15) is 18.0 Å². The molecule has 0 unspecified atom stereocenters. The van der Waals surface area contributed by atoms with Crippen LogP contribution in [-0.2, 0) is 21.1 Å². The van der Waals surface area contributed by atoms with Gasteiger partial charge in [0.1, 0.15) is 0 Å². The van der Waals surface area contributed by atoms with E-state index in [1.807, 2.05) is 6.92 Å². The van der Waals surface area contributed by atoms with Gasteiger partial charge in [-0.05, 0) is 38.0 Å². The number of carboxylic acids is 1. The van der Waals surface area contributed by atoms with E-state index in [2.05, 4.69) is 5.32 Å². The van der Waals surface area contributed by atoms with Gasteiger partial charge in [0.25, 0.3) is 5.91 Å². The number of hydrogen-bond donors (Lipinski definition) is 2. The van der Waals surface area contributed by atoms with Gasteiger partial charge in [-0.2, -0.15) is 0 Å². The molecule has 0 spiro atoms. The molecule has 22 heavy (non-hydrogen) atoms. The van der Waals surface area contributed by atoms with E-state index in [4.69, 9.17) is 5.11 Å². The van der Waals surface area contributed by atoms with E-state index >= 15 is 0 Å². The molecule has 0 fully saturated rings. The highest BCUT2D eigenvalue weighted by molar-refractivity contribution is 7.90. The lowest BCUT2D eigenvalue weighted by molar-refractivity contribution is -0.146. The minimum atomic E-state index is -3.43. The molecule has 6 nitrogen and oxygen atoms in total. The Bertz CT molecular complexity index is 692. The Morgan fingerprint density at radius 2 is 1.86 bits per heavy atom. The normalized spacial score (nSPS) is 12.0. The summed E-state index contributed by atoms with van der Waals surface area (Å²) in [6.45, 7) is 4.78. The van der Waals surface area contributed by atoms with Crippen molar-refractivity contribution < 1.29 is 23.1 Å². The summed E-state index contributed by atoms with van der Waals surface area (Å²) in [6.07, 6.45) is 1.63. The standard InChI is InChI=1S/C15H21NO5S/c1-5-10-6-7-11(8-12(10)22(4,20)21)13(17)16-9-15(2,3)14(18)19/h6-8H,5,9H2,1-4H3,(H,16,17)(H,18,19). The summed E-state index contributed by atoms with van der Waals surface area (Å²) in [5.41, 5.74) is -0.262. The quantitative estimate of drug-likeness (QED) is 0.824. The number of rotatable bonds is 6. The number of aryl methyl sites for hydroxylation is 1. The van der Waals surface area contributed by atoms with Gasteiger partial charge in [-0.3, -0.25) is 9.59 Å². The summed E-state index contributed by atoms with van der Waals surface area (Å²) in [7, 11) is -3.43. The molecule has 1 amide bonds.